The van der Waals surface area contributed by atoms with Gasteiger partial charge in [0.1, 0.15) is 0 Å². The number of rotatable bonds is 5. The van der Waals surface area contributed by atoms with Crippen LogP contribution >= 0.6 is 15.9 Å². The first kappa shape index (κ1) is 15.7. The van der Waals surface area contributed by atoms with Crippen molar-refractivity contribution in [2.45, 2.75) is 25.4 Å². The minimum Gasteiger partial charge on any atom is -0.348 e. The third-order valence-electron chi connectivity index (χ3n) is 3.36. The van der Waals surface area contributed by atoms with Crippen LogP contribution in [0, 0.1) is 0 Å². The quantitative estimate of drug-likeness (QED) is 0.873. The molecular formula is C17H19BrN2O. The highest BCUT2D eigenvalue weighted by atomic mass is 79.9. The van der Waals surface area contributed by atoms with Crippen molar-refractivity contribution in [3.8, 4) is 0 Å². The van der Waals surface area contributed by atoms with Crippen LogP contribution in [0.5, 0.6) is 0 Å². The zero-order valence-electron chi connectivity index (χ0n) is 11.9. The third-order valence-corrected chi connectivity index (χ3v) is 3.89. The van der Waals surface area contributed by atoms with E-state index in [2.05, 4.69) is 21.2 Å². The number of halogens is 1. The number of hydrogen-bond donors (Lipinski definition) is 2. The molecule has 0 aromatic heterocycles. The van der Waals surface area contributed by atoms with Gasteiger partial charge in [0.05, 0.1) is 12.1 Å². The van der Waals surface area contributed by atoms with Crippen molar-refractivity contribution in [2.75, 3.05) is 0 Å². The van der Waals surface area contributed by atoms with Crippen LogP contribution < -0.4 is 11.1 Å². The lowest BCUT2D eigenvalue weighted by molar-refractivity contribution is -0.123. The second-order valence-corrected chi connectivity index (χ2v) is 5.99. The molecule has 2 aromatic carbocycles. The van der Waals surface area contributed by atoms with E-state index < -0.39 is 6.04 Å². The molecule has 2 atom stereocenters. The summed E-state index contributed by atoms with van der Waals surface area (Å²) in [5.74, 6) is -0.130. The number of benzene rings is 2. The highest BCUT2D eigenvalue weighted by Gasteiger charge is 2.16. The Morgan fingerprint density at radius 1 is 1.14 bits per heavy atom. The highest BCUT2D eigenvalue weighted by molar-refractivity contribution is 9.10. The molecule has 2 aromatic rings. The van der Waals surface area contributed by atoms with Gasteiger partial charge in [-0.1, -0.05) is 58.4 Å². The number of hydrogen-bond acceptors (Lipinski definition) is 2. The second-order valence-electron chi connectivity index (χ2n) is 5.08. The molecule has 0 aliphatic rings. The Labute approximate surface area is 133 Å². The molecule has 4 heteroatoms. The van der Waals surface area contributed by atoms with E-state index in [-0.39, 0.29) is 11.9 Å². The predicted octanol–water partition coefficient (Wildman–Crippen LogP) is 3.20. The Morgan fingerprint density at radius 2 is 1.76 bits per heavy atom. The zero-order chi connectivity index (χ0) is 15.2. The Morgan fingerprint density at radius 3 is 2.38 bits per heavy atom. The lowest BCUT2D eigenvalue weighted by Gasteiger charge is -2.18. The smallest absolute Gasteiger partial charge is 0.237 e. The summed E-state index contributed by atoms with van der Waals surface area (Å²) in [6, 6.07) is 17.1. The molecule has 1 unspecified atom stereocenters. The summed E-state index contributed by atoms with van der Waals surface area (Å²) in [4.78, 5) is 12.2. The molecule has 0 radical (unpaired) electrons. The summed E-state index contributed by atoms with van der Waals surface area (Å²) >= 11 is 3.40. The fraction of sp³-hybridized carbons (Fsp3) is 0.235. The molecule has 0 spiro atoms. The van der Waals surface area contributed by atoms with E-state index >= 15 is 0 Å². The second kappa shape index (κ2) is 7.38. The predicted molar refractivity (Wildman–Crippen MR) is 88.8 cm³/mol. The molecule has 0 saturated carbocycles. The summed E-state index contributed by atoms with van der Waals surface area (Å²) in [6.07, 6.45) is 0.541. The van der Waals surface area contributed by atoms with E-state index in [0.29, 0.717) is 6.42 Å². The maximum absolute atomic E-state index is 12.2. The Bertz CT molecular complexity index is 583. The van der Waals surface area contributed by atoms with E-state index in [0.717, 1.165) is 15.6 Å². The summed E-state index contributed by atoms with van der Waals surface area (Å²) in [7, 11) is 0. The van der Waals surface area contributed by atoms with Crippen LogP contribution in [-0.2, 0) is 11.2 Å². The molecule has 0 bridgehead atoms. The first-order valence-corrected chi connectivity index (χ1v) is 7.71. The van der Waals surface area contributed by atoms with Crippen LogP contribution in [0.2, 0.25) is 0 Å². The Kier molecular flexibility index (Phi) is 5.53. The van der Waals surface area contributed by atoms with Crippen LogP contribution in [0.3, 0.4) is 0 Å². The number of nitrogens with one attached hydrogen (secondary N) is 1. The van der Waals surface area contributed by atoms with E-state index in [1.807, 2.05) is 61.5 Å². The average Bonchev–Trinajstić information content (AvgIpc) is 2.48. The monoisotopic (exact) mass is 346 g/mol. The van der Waals surface area contributed by atoms with Gasteiger partial charge in [0.15, 0.2) is 0 Å². The van der Waals surface area contributed by atoms with Crippen molar-refractivity contribution < 1.29 is 4.79 Å². The van der Waals surface area contributed by atoms with Crippen LogP contribution in [0.1, 0.15) is 24.1 Å². The van der Waals surface area contributed by atoms with E-state index in [1.54, 1.807) is 0 Å². The molecule has 0 fully saturated rings. The molecule has 0 aliphatic carbocycles. The van der Waals surface area contributed by atoms with Crippen LogP contribution in [-0.4, -0.2) is 11.9 Å². The minimum atomic E-state index is -0.537. The van der Waals surface area contributed by atoms with Gasteiger partial charge in [0.2, 0.25) is 5.91 Å². The van der Waals surface area contributed by atoms with Crippen molar-refractivity contribution in [1.82, 2.24) is 5.32 Å². The molecular weight excluding hydrogens is 328 g/mol. The van der Waals surface area contributed by atoms with Crippen LogP contribution in [0.4, 0.5) is 0 Å². The molecule has 110 valence electrons. The summed E-state index contributed by atoms with van der Waals surface area (Å²) in [5.41, 5.74) is 8.10. The topological polar surface area (TPSA) is 55.1 Å². The fourth-order valence-electron chi connectivity index (χ4n) is 2.12. The van der Waals surface area contributed by atoms with Crippen LogP contribution in [0.15, 0.2) is 59.1 Å². The van der Waals surface area contributed by atoms with Crippen molar-refractivity contribution in [3.63, 3.8) is 0 Å². The molecule has 1 amide bonds. The van der Waals surface area contributed by atoms with Crippen molar-refractivity contribution in [1.29, 1.82) is 0 Å². The highest BCUT2D eigenvalue weighted by Crippen LogP contribution is 2.16. The van der Waals surface area contributed by atoms with Crippen molar-refractivity contribution in [2.24, 2.45) is 5.73 Å². The van der Waals surface area contributed by atoms with E-state index in [4.69, 9.17) is 5.73 Å². The number of carbonyl (C=O) groups excluding carboxylic acids is 1. The minimum absolute atomic E-state index is 0.0626. The van der Waals surface area contributed by atoms with Gasteiger partial charge in [-0.2, -0.15) is 0 Å². The maximum Gasteiger partial charge on any atom is 0.237 e. The lowest BCUT2D eigenvalue weighted by atomic mass is 10.0. The van der Waals surface area contributed by atoms with Gasteiger partial charge in [-0.05, 0) is 36.6 Å². The molecule has 21 heavy (non-hydrogen) atoms. The Balaban J connectivity index is 1.92. The van der Waals surface area contributed by atoms with Gasteiger partial charge < -0.3 is 11.1 Å². The summed E-state index contributed by atoms with van der Waals surface area (Å²) in [6.45, 7) is 1.95. The molecule has 0 heterocycles. The van der Waals surface area contributed by atoms with Gasteiger partial charge in [0.25, 0.3) is 0 Å². The van der Waals surface area contributed by atoms with Crippen molar-refractivity contribution >= 4 is 21.8 Å². The molecule has 3 nitrogen and oxygen atoms in total. The largest absolute Gasteiger partial charge is 0.348 e. The first-order valence-electron chi connectivity index (χ1n) is 6.91. The fourth-order valence-corrected chi connectivity index (χ4v) is 2.38. The number of amides is 1. The summed E-state index contributed by atoms with van der Waals surface area (Å²) < 4.78 is 1.02. The average molecular weight is 347 g/mol. The molecule has 3 N–H and O–H groups in total. The number of nitrogens with two attached hydrogens (primary N) is 1. The van der Waals surface area contributed by atoms with Gasteiger partial charge in [-0.25, -0.2) is 0 Å². The lowest BCUT2D eigenvalue weighted by Crippen LogP contribution is -2.42. The Hall–Kier alpha value is -1.65. The van der Waals surface area contributed by atoms with Gasteiger partial charge in [-0.15, -0.1) is 0 Å². The van der Waals surface area contributed by atoms with Gasteiger partial charge in [0, 0.05) is 4.47 Å². The van der Waals surface area contributed by atoms with Crippen molar-refractivity contribution in [3.05, 3.63) is 70.2 Å². The molecule has 0 aliphatic heterocycles. The van der Waals surface area contributed by atoms with E-state index in [1.165, 1.54) is 0 Å². The normalized spacial score (nSPS) is 13.5. The van der Waals surface area contributed by atoms with Gasteiger partial charge in [-0.3, -0.25) is 4.79 Å². The van der Waals surface area contributed by atoms with Crippen LogP contribution in [0.25, 0.3) is 0 Å². The number of carbonyl (C=O) groups is 1. The zero-order valence-corrected chi connectivity index (χ0v) is 13.5. The SMILES string of the molecule is C[C@H](NC(=O)C(N)Cc1ccccc1)c1ccc(Br)cc1. The van der Waals surface area contributed by atoms with E-state index in [9.17, 15) is 4.79 Å². The third kappa shape index (κ3) is 4.69. The molecule has 0 saturated heterocycles. The van der Waals surface area contributed by atoms with Gasteiger partial charge >= 0.3 is 0 Å². The maximum atomic E-state index is 12.2. The summed E-state index contributed by atoms with van der Waals surface area (Å²) in [5, 5.41) is 2.96. The molecule has 2 rings (SSSR count). The first-order chi connectivity index (χ1) is 10.1. The standard InChI is InChI=1S/C17H19BrN2O/c1-12(14-7-9-15(18)10-8-14)20-17(21)16(19)11-13-5-3-2-4-6-13/h2-10,12,16H,11,19H2,1H3,(H,20,21)/t12-,16?/m0/s1.